The van der Waals surface area contributed by atoms with E-state index in [2.05, 4.69) is 5.32 Å². The van der Waals surface area contributed by atoms with Crippen LogP contribution in [-0.4, -0.2) is 54.3 Å². The molecule has 3 rings (SSSR count). The van der Waals surface area contributed by atoms with E-state index in [1.165, 1.54) is 12.1 Å². The Hall–Kier alpha value is -1.48. The Morgan fingerprint density at radius 2 is 1.81 bits per heavy atom. The summed E-state index contributed by atoms with van der Waals surface area (Å²) >= 11 is 5.84. The molecule has 0 unspecified atom stereocenters. The molecule has 2 aromatic carbocycles. The second-order valence-electron chi connectivity index (χ2n) is 6.46. The highest BCUT2D eigenvalue weighted by molar-refractivity contribution is 7.89. The van der Waals surface area contributed by atoms with Crippen LogP contribution in [0.5, 0.6) is 0 Å². The molecule has 0 aliphatic carbocycles. The summed E-state index contributed by atoms with van der Waals surface area (Å²) in [5.41, 5.74) is -0.576. The molecule has 0 spiro atoms. The zero-order chi connectivity index (χ0) is 18.8. The van der Waals surface area contributed by atoms with Gasteiger partial charge < -0.3 is 15.5 Å². The van der Waals surface area contributed by atoms with Gasteiger partial charge in [-0.2, -0.15) is 4.31 Å². The number of benzene rings is 2. The molecule has 0 radical (unpaired) electrons. The monoisotopic (exact) mass is 396 g/mol. The van der Waals surface area contributed by atoms with Crippen molar-refractivity contribution in [3.05, 3.63) is 65.2 Å². The van der Waals surface area contributed by atoms with Crippen LogP contribution in [0.15, 0.2) is 59.5 Å². The molecular formula is C18H21ClN2O4S. The second kappa shape index (κ2) is 7.64. The normalized spacial score (nSPS) is 24.0. The first-order valence-corrected chi connectivity index (χ1v) is 10.0. The Morgan fingerprint density at radius 1 is 1.15 bits per heavy atom. The predicted octanol–water partition coefficient (Wildman–Crippen LogP) is 1.23. The van der Waals surface area contributed by atoms with Gasteiger partial charge in [0.25, 0.3) is 0 Å². The molecule has 0 aromatic heterocycles. The Kier molecular flexibility index (Phi) is 5.67. The number of hydrogen-bond donors (Lipinski definition) is 3. The first kappa shape index (κ1) is 19.3. The molecule has 1 saturated heterocycles. The van der Waals surface area contributed by atoms with Crippen LogP contribution in [0.1, 0.15) is 5.56 Å². The third kappa shape index (κ3) is 4.09. The third-order valence-electron chi connectivity index (χ3n) is 4.50. The maximum absolute atomic E-state index is 12.7. The minimum absolute atomic E-state index is 0.0671. The minimum atomic E-state index is -3.75. The van der Waals surface area contributed by atoms with E-state index in [9.17, 15) is 18.6 Å². The number of halogens is 1. The van der Waals surface area contributed by atoms with Crippen LogP contribution in [0, 0.1) is 0 Å². The highest BCUT2D eigenvalue weighted by Gasteiger charge is 2.48. The van der Waals surface area contributed by atoms with E-state index in [0.29, 0.717) is 11.6 Å². The molecule has 8 heteroatoms. The van der Waals surface area contributed by atoms with E-state index in [4.69, 9.17) is 11.6 Å². The summed E-state index contributed by atoms with van der Waals surface area (Å²) in [4.78, 5) is 0.144. The molecule has 26 heavy (non-hydrogen) atoms. The highest BCUT2D eigenvalue weighted by atomic mass is 35.5. The summed E-state index contributed by atoms with van der Waals surface area (Å²) in [5.74, 6) is 0. The molecule has 0 saturated carbocycles. The lowest BCUT2D eigenvalue weighted by atomic mass is 10.0. The summed E-state index contributed by atoms with van der Waals surface area (Å²) < 4.78 is 26.5. The Labute approximate surface area is 158 Å². The van der Waals surface area contributed by atoms with Gasteiger partial charge in [-0.05, 0) is 29.8 Å². The number of hydrogen-bond acceptors (Lipinski definition) is 5. The van der Waals surface area contributed by atoms with Crippen molar-refractivity contribution in [1.82, 2.24) is 9.62 Å². The lowest BCUT2D eigenvalue weighted by molar-refractivity contribution is -0.0384. The Bertz CT molecular complexity index is 845. The number of rotatable bonds is 6. The maximum atomic E-state index is 12.7. The maximum Gasteiger partial charge on any atom is 0.243 e. The quantitative estimate of drug-likeness (QED) is 0.683. The molecule has 0 amide bonds. The SMILES string of the molecule is O=S(=O)(c1ccccc1)N1C[C@@H](O)[C@](O)(CNCc2ccc(Cl)cc2)C1. The molecule has 1 heterocycles. The number of aliphatic hydroxyl groups is 2. The first-order valence-electron chi connectivity index (χ1n) is 8.22. The van der Waals surface area contributed by atoms with E-state index in [1.54, 1.807) is 30.3 Å². The molecule has 2 aromatic rings. The lowest BCUT2D eigenvalue weighted by Crippen LogP contribution is -2.50. The van der Waals surface area contributed by atoms with Crippen LogP contribution in [0.25, 0.3) is 0 Å². The van der Waals surface area contributed by atoms with Crippen molar-refractivity contribution in [1.29, 1.82) is 0 Å². The molecule has 2 atom stereocenters. The number of nitrogens with one attached hydrogen (secondary N) is 1. The molecule has 0 bridgehead atoms. The van der Waals surface area contributed by atoms with Gasteiger partial charge in [0, 0.05) is 31.2 Å². The molecule has 1 aliphatic rings. The summed E-state index contributed by atoms with van der Waals surface area (Å²) in [5, 5.41) is 24.7. The standard InChI is InChI=1S/C18H21ClN2O4S/c19-15-8-6-14(7-9-15)10-20-12-18(23)13-21(11-17(18)22)26(24,25)16-4-2-1-3-5-16/h1-9,17,20,22-23H,10-13H2/t17-,18+/m1/s1. The van der Waals surface area contributed by atoms with Gasteiger partial charge in [0.05, 0.1) is 11.0 Å². The topological polar surface area (TPSA) is 89.9 Å². The molecule has 140 valence electrons. The van der Waals surface area contributed by atoms with Gasteiger partial charge in [-0.15, -0.1) is 0 Å². The first-order chi connectivity index (χ1) is 12.3. The van der Waals surface area contributed by atoms with Gasteiger partial charge in [0.1, 0.15) is 5.60 Å². The van der Waals surface area contributed by atoms with Gasteiger partial charge >= 0.3 is 0 Å². The van der Waals surface area contributed by atoms with Gasteiger partial charge in [-0.1, -0.05) is 41.9 Å². The van der Waals surface area contributed by atoms with Crippen LogP contribution in [-0.2, 0) is 16.6 Å². The minimum Gasteiger partial charge on any atom is -0.389 e. The van der Waals surface area contributed by atoms with E-state index in [0.717, 1.165) is 9.87 Å². The average Bonchev–Trinajstić information content (AvgIpc) is 2.93. The number of β-amino-alcohol motifs (C(OH)–C–C–N with tert-alkyl or cyclic N) is 2. The number of aliphatic hydroxyl groups excluding tert-OH is 1. The van der Waals surface area contributed by atoms with E-state index >= 15 is 0 Å². The van der Waals surface area contributed by atoms with Crippen molar-refractivity contribution in [2.45, 2.75) is 23.1 Å². The summed E-state index contributed by atoms with van der Waals surface area (Å²) in [6.07, 6.45) is -1.17. The second-order valence-corrected chi connectivity index (χ2v) is 8.83. The van der Waals surface area contributed by atoms with Crippen molar-refractivity contribution in [3.8, 4) is 0 Å². The lowest BCUT2D eigenvalue weighted by Gasteiger charge is -2.26. The van der Waals surface area contributed by atoms with Crippen LogP contribution in [0.3, 0.4) is 0 Å². The Morgan fingerprint density at radius 3 is 2.46 bits per heavy atom. The van der Waals surface area contributed by atoms with Crippen molar-refractivity contribution in [3.63, 3.8) is 0 Å². The van der Waals surface area contributed by atoms with Gasteiger partial charge in [0.15, 0.2) is 0 Å². The van der Waals surface area contributed by atoms with Crippen LogP contribution in [0.4, 0.5) is 0 Å². The van der Waals surface area contributed by atoms with Gasteiger partial charge in [0.2, 0.25) is 10.0 Å². The van der Waals surface area contributed by atoms with Crippen molar-refractivity contribution < 1.29 is 18.6 Å². The molecule has 6 nitrogen and oxygen atoms in total. The van der Waals surface area contributed by atoms with E-state index in [-0.39, 0.29) is 24.5 Å². The summed E-state index contributed by atoms with van der Waals surface area (Å²) in [6.45, 7) is 0.227. The largest absolute Gasteiger partial charge is 0.389 e. The van der Waals surface area contributed by atoms with Gasteiger partial charge in [-0.25, -0.2) is 8.42 Å². The zero-order valence-electron chi connectivity index (χ0n) is 14.0. The van der Waals surface area contributed by atoms with Crippen molar-refractivity contribution >= 4 is 21.6 Å². The van der Waals surface area contributed by atoms with Crippen LogP contribution in [0.2, 0.25) is 5.02 Å². The van der Waals surface area contributed by atoms with Crippen LogP contribution >= 0.6 is 11.6 Å². The fourth-order valence-corrected chi connectivity index (χ4v) is 4.62. The fourth-order valence-electron chi connectivity index (χ4n) is 2.96. The Balaban J connectivity index is 1.64. The zero-order valence-corrected chi connectivity index (χ0v) is 15.6. The number of nitrogens with zero attached hydrogens (tertiary/aromatic N) is 1. The van der Waals surface area contributed by atoms with Crippen LogP contribution < -0.4 is 5.32 Å². The molecule has 3 N–H and O–H groups in total. The van der Waals surface area contributed by atoms with E-state index < -0.39 is 21.7 Å². The molecule has 1 fully saturated rings. The summed E-state index contributed by atoms with van der Waals surface area (Å²) in [6, 6.07) is 15.3. The van der Waals surface area contributed by atoms with Crippen molar-refractivity contribution in [2.75, 3.05) is 19.6 Å². The smallest absolute Gasteiger partial charge is 0.243 e. The summed E-state index contributed by atoms with van der Waals surface area (Å²) in [7, 11) is -3.75. The predicted molar refractivity (Wildman–Crippen MR) is 99.3 cm³/mol. The van der Waals surface area contributed by atoms with Crippen molar-refractivity contribution in [2.24, 2.45) is 0 Å². The third-order valence-corrected chi connectivity index (χ3v) is 6.58. The molecule has 1 aliphatic heterocycles. The number of sulfonamides is 1. The fraction of sp³-hybridized carbons (Fsp3) is 0.333. The molecular weight excluding hydrogens is 376 g/mol. The van der Waals surface area contributed by atoms with Gasteiger partial charge in [-0.3, -0.25) is 0 Å². The highest BCUT2D eigenvalue weighted by Crippen LogP contribution is 2.27. The van der Waals surface area contributed by atoms with E-state index in [1.807, 2.05) is 12.1 Å². The average molecular weight is 397 g/mol.